The van der Waals surface area contributed by atoms with Gasteiger partial charge in [-0.25, -0.2) is 4.79 Å². The number of carbonyl (C=O) groups excluding carboxylic acids is 5. The van der Waals surface area contributed by atoms with Gasteiger partial charge in [-0.2, -0.15) is 0 Å². The smallest absolute Gasteiger partial charge is 0.315 e. The van der Waals surface area contributed by atoms with Gasteiger partial charge in [0.15, 0.2) is 0 Å². The molecular weight excluding hydrogens is 700 g/mol. The number of likely N-dealkylation sites (tertiary alicyclic amines) is 1. The Kier molecular flexibility index (Phi) is 11.9. The number of rotatable bonds is 16. The fourth-order valence-electron chi connectivity index (χ4n) is 9.36. The van der Waals surface area contributed by atoms with Gasteiger partial charge in [0.25, 0.3) is 5.91 Å². The topological polar surface area (TPSA) is 174 Å². The van der Waals surface area contributed by atoms with Crippen molar-refractivity contribution < 1.29 is 24.0 Å². The van der Waals surface area contributed by atoms with Crippen LogP contribution in [0.25, 0.3) is 0 Å². The molecule has 1 unspecified atom stereocenters. The number of Topliss-reactive ketones (excluding diaryl/α,β-unsaturated/α-hetero) is 1. The van der Waals surface area contributed by atoms with Crippen molar-refractivity contribution in [2.45, 2.75) is 143 Å². The molecule has 0 aromatic heterocycles. The van der Waals surface area contributed by atoms with Crippen LogP contribution >= 0.6 is 0 Å². The second-order valence-corrected chi connectivity index (χ2v) is 19.1. The van der Waals surface area contributed by atoms with Crippen LogP contribution in [-0.2, 0) is 24.6 Å². The van der Waals surface area contributed by atoms with E-state index in [1.165, 1.54) is 6.08 Å². The molecule has 1 aromatic rings. The molecular formula is C42H64N6O7. The second kappa shape index (κ2) is 15.5. The van der Waals surface area contributed by atoms with Crippen LogP contribution in [0.3, 0.4) is 0 Å². The molecule has 13 heteroatoms. The molecule has 1 heterocycles. The minimum atomic E-state index is -1.05. The standard InChI is InChI=1S/C42H64N6O7/c1-11-16-25(31(49)36(53)43-21-12-2)44-35(52)30-27-24(40(27,6)7)22-48(30)37(54)34(42(9)17-14-13-15-18-42)46-38(55)45-26(39(3,4)5)23-47(10)29-28(32(50)33(29)51)41(8)19-20-41/h12,24-27,30,34H,2,11,13-23H2,1,3-10H3,(H,43,53)(H,44,52)(H2,45,46,55)/t24-,25?,26+,27-,30-,34+/m0/s1. The van der Waals surface area contributed by atoms with Crippen molar-refractivity contribution >= 4 is 35.2 Å². The number of amides is 5. The Morgan fingerprint density at radius 1 is 0.945 bits per heavy atom. The van der Waals surface area contributed by atoms with Crippen LogP contribution < -0.4 is 37.0 Å². The number of ketones is 1. The molecule has 304 valence electrons. The highest BCUT2D eigenvalue weighted by atomic mass is 16.2. The molecule has 3 saturated carbocycles. The van der Waals surface area contributed by atoms with E-state index in [-0.39, 0.29) is 48.1 Å². The summed E-state index contributed by atoms with van der Waals surface area (Å²) in [6, 6.07) is -3.84. The lowest BCUT2D eigenvalue weighted by Gasteiger charge is -2.43. The van der Waals surface area contributed by atoms with Gasteiger partial charge >= 0.3 is 6.03 Å². The Morgan fingerprint density at radius 3 is 2.15 bits per heavy atom. The first kappa shape index (κ1) is 42.1. The van der Waals surface area contributed by atoms with E-state index in [1.807, 2.05) is 41.5 Å². The lowest BCUT2D eigenvalue weighted by Crippen LogP contribution is -2.63. The average molecular weight is 765 g/mol. The fraction of sp³-hybridized carbons (Fsp3) is 0.738. The first-order chi connectivity index (χ1) is 25.6. The van der Waals surface area contributed by atoms with E-state index in [1.54, 1.807) is 16.8 Å². The molecule has 4 N–H and O–H groups in total. The molecule has 1 aliphatic heterocycles. The van der Waals surface area contributed by atoms with Crippen molar-refractivity contribution in [3.8, 4) is 0 Å². The maximum atomic E-state index is 14.9. The van der Waals surface area contributed by atoms with E-state index < -0.39 is 69.5 Å². The van der Waals surface area contributed by atoms with Crippen molar-refractivity contribution in [3.63, 3.8) is 0 Å². The molecule has 1 aromatic carbocycles. The van der Waals surface area contributed by atoms with Gasteiger partial charge in [-0.3, -0.25) is 28.8 Å². The third-order valence-corrected chi connectivity index (χ3v) is 13.5. The van der Waals surface area contributed by atoms with Gasteiger partial charge in [0.05, 0.1) is 17.8 Å². The third kappa shape index (κ3) is 8.26. The van der Waals surface area contributed by atoms with Gasteiger partial charge in [0.2, 0.25) is 28.5 Å². The molecule has 3 aliphatic carbocycles. The van der Waals surface area contributed by atoms with Crippen LogP contribution in [0.2, 0.25) is 0 Å². The summed E-state index contributed by atoms with van der Waals surface area (Å²) in [6.07, 6.45) is 8.27. The normalized spacial score (nSPS) is 24.7. The lowest BCUT2D eigenvalue weighted by molar-refractivity contribution is -0.146. The molecule has 6 atom stereocenters. The van der Waals surface area contributed by atoms with Crippen LogP contribution in [0.4, 0.5) is 10.5 Å². The van der Waals surface area contributed by atoms with Crippen LogP contribution in [-0.4, -0.2) is 85.3 Å². The number of carbonyl (C=O) groups is 5. The Balaban J connectivity index is 1.37. The zero-order chi connectivity index (χ0) is 40.8. The van der Waals surface area contributed by atoms with Crippen LogP contribution in [0, 0.1) is 28.1 Å². The van der Waals surface area contributed by atoms with Crippen molar-refractivity contribution in [3.05, 3.63) is 38.7 Å². The zero-order valence-corrected chi connectivity index (χ0v) is 34.5. The Hall–Kier alpha value is -4.03. The fourth-order valence-corrected chi connectivity index (χ4v) is 9.36. The predicted octanol–water partition coefficient (Wildman–Crippen LogP) is 3.46. The summed E-state index contributed by atoms with van der Waals surface area (Å²) in [7, 11) is 1.77. The lowest BCUT2D eigenvalue weighted by atomic mass is 9.70. The van der Waals surface area contributed by atoms with E-state index in [0.717, 1.165) is 44.9 Å². The zero-order valence-electron chi connectivity index (χ0n) is 34.5. The number of hydrogen-bond donors (Lipinski definition) is 4. The molecule has 0 bridgehead atoms. The number of hydrogen-bond acceptors (Lipinski definition) is 8. The van der Waals surface area contributed by atoms with E-state index in [2.05, 4.69) is 41.7 Å². The Bertz CT molecular complexity index is 1760. The number of nitrogens with one attached hydrogen (secondary N) is 4. The van der Waals surface area contributed by atoms with Gasteiger partial charge in [-0.05, 0) is 65.6 Å². The van der Waals surface area contributed by atoms with Crippen LogP contribution in [0.15, 0.2) is 22.2 Å². The van der Waals surface area contributed by atoms with E-state index in [4.69, 9.17) is 0 Å². The third-order valence-electron chi connectivity index (χ3n) is 13.5. The summed E-state index contributed by atoms with van der Waals surface area (Å²) in [5, 5.41) is 11.5. The maximum absolute atomic E-state index is 14.9. The molecule has 4 aliphatic rings. The van der Waals surface area contributed by atoms with Crippen molar-refractivity contribution in [1.82, 2.24) is 26.2 Å². The number of nitrogens with zero attached hydrogens (tertiary/aromatic N) is 2. The minimum absolute atomic E-state index is 0.0658. The average Bonchev–Trinajstić information content (AvgIpc) is 3.90. The first-order valence-electron chi connectivity index (χ1n) is 20.3. The van der Waals surface area contributed by atoms with Gasteiger partial charge in [0, 0.05) is 32.2 Å². The summed E-state index contributed by atoms with van der Waals surface area (Å²) in [4.78, 5) is 97.8. The highest BCUT2D eigenvalue weighted by molar-refractivity contribution is 6.38. The second-order valence-electron chi connectivity index (χ2n) is 19.1. The molecule has 0 radical (unpaired) electrons. The van der Waals surface area contributed by atoms with Gasteiger partial charge in [0.1, 0.15) is 12.1 Å². The monoisotopic (exact) mass is 764 g/mol. The Labute approximate surface area is 325 Å². The van der Waals surface area contributed by atoms with Gasteiger partial charge in [-0.15, -0.1) is 6.58 Å². The first-order valence-corrected chi connectivity index (χ1v) is 20.3. The molecule has 55 heavy (non-hydrogen) atoms. The van der Waals surface area contributed by atoms with E-state index >= 15 is 0 Å². The molecule has 5 amide bonds. The molecule has 13 nitrogen and oxygen atoms in total. The predicted molar refractivity (Wildman–Crippen MR) is 212 cm³/mol. The summed E-state index contributed by atoms with van der Waals surface area (Å²) in [6.45, 7) is 20.3. The summed E-state index contributed by atoms with van der Waals surface area (Å²) in [5.41, 5.74) is -1.42. The number of piperidine rings is 1. The summed E-state index contributed by atoms with van der Waals surface area (Å²) >= 11 is 0. The highest BCUT2D eigenvalue weighted by Crippen LogP contribution is 2.65. The quantitative estimate of drug-likeness (QED) is 0.146. The molecule has 5 rings (SSSR count). The Morgan fingerprint density at radius 2 is 1.58 bits per heavy atom. The minimum Gasteiger partial charge on any atom is -0.369 e. The summed E-state index contributed by atoms with van der Waals surface area (Å²) < 4.78 is 0. The number of fused-ring (bicyclic) bond motifs is 1. The number of urea groups is 1. The highest BCUT2D eigenvalue weighted by Gasteiger charge is 2.70. The molecule has 0 spiro atoms. The van der Waals surface area contributed by atoms with Crippen LogP contribution in [0.1, 0.15) is 119 Å². The van der Waals surface area contributed by atoms with E-state index in [9.17, 15) is 33.6 Å². The summed E-state index contributed by atoms with van der Waals surface area (Å²) in [5.74, 6) is -2.43. The maximum Gasteiger partial charge on any atom is 0.315 e. The SMILES string of the molecule is C=CCNC(=O)C(=O)C(CCC)NC(=O)[C@@H]1[C@@H]2[C@H](CN1C(=O)[C@@H](NC(=O)N[C@H](CN(C)c1c(C3(C)CC3)c(=O)c1=O)C(C)(C)C)C1(C)CCCCC1)C2(C)C. The molecule has 1 saturated heterocycles. The molecule has 4 fully saturated rings. The van der Waals surface area contributed by atoms with Crippen LogP contribution in [0.5, 0.6) is 0 Å². The number of likely N-dealkylation sites (N-methyl/N-ethyl adjacent to an activating group) is 1. The van der Waals surface area contributed by atoms with Gasteiger partial charge in [-0.1, -0.05) is 87.1 Å². The van der Waals surface area contributed by atoms with E-state index in [0.29, 0.717) is 24.2 Å². The van der Waals surface area contributed by atoms with Crippen molar-refractivity contribution in [2.75, 3.05) is 31.6 Å². The van der Waals surface area contributed by atoms with Crippen molar-refractivity contribution in [2.24, 2.45) is 28.1 Å². The number of anilines is 1. The van der Waals surface area contributed by atoms with Crippen molar-refractivity contribution in [1.29, 1.82) is 0 Å². The van der Waals surface area contributed by atoms with Gasteiger partial charge < -0.3 is 31.1 Å². The largest absolute Gasteiger partial charge is 0.369 e.